The standard InChI is InChI=1S/C37H47N6O20P3S/c1-2-42(27-11-10-25-20-28(36(47)61-29(25)21-27)24-12-17-41(18-13-24)15-7-19-67(56,57)58)16-5-3-4-9-31(44)39-14-6-8-26-22-43(37(48)40-34(26)38)35-33(46)32(45)30(60-35)23-59-65(52,53)63-66(54,55)62-64(49,50)51/h10-13,17-18,20-22,30,32-33,35,45-46H,2-5,7,9,14-16,19,23H2,1H3,(H7-,38,39,40,44,48,49,50,51,52,53,54,55,56,57,58)/p+1/t30-,32-,33-,35-/m1/s1. The average molecular weight is 1020 g/mol. The van der Waals surface area contributed by atoms with Crippen molar-refractivity contribution in [1.29, 1.82) is 0 Å². The minimum absolute atomic E-state index is 0.0493. The van der Waals surface area contributed by atoms with Crippen molar-refractivity contribution in [2.45, 2.75) is 70.1 Å². The number of carbonyl (C=O) groups excluding carboxylic acids is 1. The van der Waals surface area contributed by atoms with Crippen molar-refractivity contribution in [2.24, 2.45) is 0 Å². The molecule has 3 aromatic heterocycles. The highest BCUT2D eigenvalue weighted by Gasteiger charge is 2.47. The minimum Gasteiger partial charge on any atom is -0.422 e. The van der Waals surface area contributed by atoms with Crippen molar-refractivity contribution >= 4 is 62.0 Å². The number of carbonyl (C=O) groups is 1. The topological polar surface area (TPSA) is 391 Å². The number of amides is 1. The van der Waals surface area contributed by atoms with Crippen LogP contribution in [0.2, 0.25) is 0 Å². The number of nitrogens with two attached hydrogens (primary N) is 1. The van der Waals surface area contributed by atoms with Gasteiger partial charge in [-0.05, 0) is 38.0 Å². The number of nitrogens with one attached hydrogen (secondary N) is 1. The van der Waals surface area contributed by atoms with E-state index < -0.39 is 76.0 Å². The largest absolute Gasteiger partial charge is 0.490 e. The summed E-state index contributed by atoms with van der Waals surface area (Å²) in [7, 11) is -21.1. The quantitative estimate of drug-likeness (QED) is 0.0130. The number of hydrogen-bond acceptors (Lipinski definition) is 18. The minimum atomic E-state index is -5.83. The Balaban J connectivity index is 1.07. The molecule has 0 aliphatic carbocycles. The summed E-state index contributed by atoms with van der Waals surface area (Å²) in [5.74, 6) is 4.33. The lowest BCUT2D eigenvalue weighted by atomic mass is 10.1. The van der Waals surface area contributed by atoms with Gasteiger partial charge in [0.2, 0.25) is 5.91 Å². The first-order valence-corrected chi connectivity index (χ1v) is 26.2. The number of phosphoric ester groups is 1. The van der Waals surface area contributed by atoms with E-state index >= 15 is 0 Å². The van der Waals surface area contributed by atoms with Gasteiger partial charge >= 0.3 is 34.8 Å². The molecule has 0 spiro atoms. The number of unbranched alkanes of at least 4 members (excludes halogenated alkanes) is 2. The fraction of sp³-hybridized carbons (Fsp3) is 0.432. The maximum absolute atomic E-state index is 13.0. The third-order valence-electron chi connectivity index (χ3n) is 9.83. The number of anilines is 2. The maximum atomic E-state index is 13.0. The molecule has 1 fully saturated rings. The summed E-state index contributed by atoms with van der Waals surface area (Å²) >= 11 is 0. The van der Waals surface area contributed by atoms with Gasteiger partial charge in [0.15, 0.2) is 18.6 Å². The van der Waals surface area contributed by atoms with Gasteiger partial charge in [-0.25, -0.2) is 27.9 Å². The summed E-state index contributed by atoms with van der Waals surface area (Å²) in [5, 5.41) is 24.4. The maximum Gasteiger partial charge on any atom is 0.490 e. The zero-order valence-electron chi connectivity index (χ0n) is 35.3. The van der Waals surface area contributed by atoms with E-state index in [1.165, 1.54) is 0 Å². The summed E-state index contributed by atoms with van der Waals surface area (Å²) in [4.78, 5) is 80.2. The summed E-state index contributed by atoms with van der Waals surface area (Å²) < 4.78 is 90.6. The Bertz CT molecular complexity index is 2870. The Morgan fingerprint density at radius 2 is 1.72 bits per heavy atom. The van der Waals surface area contributed by atoms with E-state index in [-0.39, 0.29) is 42.4 Å². The van der Waals surface area contributed by atoms with Crippen LogP contribution in [0.3, 0.4) is 0 Å². The number of aromatic nitrogens is 3. The average Bonchev–Trinajstić information content (AvgIpc) is 3.50. The van der Waals surface area contributed by atoms with Gasteiger partial charge in [0.25, 0.3) is 10.1 Å². The molecular weight excluding hydrogens is 973 g/mol. The van der Waals surface area contributed by atoms with Gasteiger partial charge in [-0.1, -0.05) is 18.3 Å². The van der Waals surface area contributed by atoms with Crippen LogP contribution in [-0.2, 0) is 53.0 Å². The second-order valence-electron chi connectivity index (χ2n) is 14.8. The number of rotatable bonds is 22. The van der Waals surface area contributed by atoms with Gasteiger partial charge in [0, 0.05) is 67.0 Å². The van der Waals surface area contributed by atoms with Crippen LogP contribution in [-0.4, -0.2) is 109 Å². The third kappa shape index (κ3) is 15.9. The fourth-order valence-electron chi connectivity index (χ4n) is 6.65. The zero-order valence-corrected chi connectivity index (χ0v) is 38.8. The number of benzene rings is 1. The highest BCUT2D eigenvalue weighted by atomic mass is 32.2. The molecule has 1 aromatic carbocycles. The molecule has 67 heavy (non-hydrogen) atoms. The number of nitrogen functional groups attached to an aromatic ring is 1. The number of hydrogen-bond donors (Lipinski definition) is 9. The van der Waals surface area contributed by atoms with Gasteiger partial charge in [0.05, 0.1) is 30.0 Å². The van der Waals surface area contributed by atoms with E-state index in [4.69, 9.17) is 29.2 Å². The van der Waals surface area contributed by atoms with E-state index in [9.17, 15) is 56.5 Å². The summed E-state index contributed by atoms with van der Waals surface area (Å²) in [6.07, 6.45) is -0.251. The molecule has 0 saturated carbocycles. The molecular formula is C37H48N6O20P3S+. The SMILES string of the molecule is CCN(CCCCCC(=O)NCC#Cc1cn([C@@H]2O[C@H](COP(=O)(O)OP(=O)(O)OP(=O)(O)O)[C@@H](O)[C@H]2O)c(=O)nc1N)c1ccc2cc(-c3cc[n+](CCCS(=O)(=O)O)cc3)c(=O)oc2c1. The number of pyridine rings is 1. The third-order valence-corrected chi connectivity index (χ3v) is 14.4. The molecule has 4 heterocycles. The van der Waals surface area contributed by atoms with Crippen LogP contribution in [0.4, 0.5) is 11.5 Å². The highest BCUT2D eigenvalue weighted by Crippen LogP contribution is 2.66. The van der Waals surface area contributed by atoms with Crippen LogP contribution < -0.4 is 31.8 Å². The molecule has 26 nitrogen and oxygen atoms in total. The Hall–Kier alpha value is -4.71. The first kappa shape index (κ1) is 53.2. The number of phosphoric acid groups is 3. The smallest absolute Gasteiger partial charge is 0.422 e. The van der Waals surface area contributed by atoms with Crippen LogP contribution in [0.1, 0.15) is 50.8 Å². The monoisotopic (exact) mass is 1020 g/mol. The normalized spacial score (nSPS) is 19.3. The van der Waals surface area contributed by atoms with Crippen molar-refractivity contribution < 1.29 is 88.1 Å². The highest BCUT2D eigenvalue weighted by molar-refractivity contribution is 7.85. The molecule has 2 unspecified atom stereocenters. The van der Waals surface area contributed by atoms with Crippen molar-refractivity contribution in [3.63, 3.8) is 0 Å². The lowest BCUT2D eigenvalue weighted by Gasteiger charge is -2.23. The van der Waals surface area contributed by atoms with E-state index in [1.807, 2.05) is 19.1 Å². The van der Waals surface area contributed by atoms with Crippen LogP contribution in [0.15, 0.2) is 69.0 Å². The van der Waals surface area contributed by atoms with Crippen molar-refractivity contribution in [3.05, 3.63) is 81.5 Å². The lowest BCUT2D eigenvalue weighted by molar-refractivity contribution is -0.696. The van der Waals surface area contributed by atoms with Crippen LogP contribution in [0.5, 0.6) is 0 Å². The van der Waals surface area contributed by atoms with Gasteiger partial charge < -0.3 is 54.9 Å². The second-order valence-corrected chi connectivity index (χ2v) is 20.8. The van der Waals surface area contributed by atoms with Crippen LogP contribution >= 0.6 is 23.5 Å². The van der Waals surface area contributed by atoms with Crippen molar-refractivity contribution in [3.8, 4) is 23.0 Å². The van der Waals surface area contributed by atoms with E-state index in [0.717, 1.165) is 23.7 Å². The van der Waals surface area contributed by atoms with Gasteiger partial charge in [-0.15, -0.1) is 0 Å². The Labute approximate surface area is 381 Å². The lowest BCUT2D eigenvalue weighted by Crippen LogP contribution is -2.36. The molecule has 0 bridgehead atoms. The molecule has 5 rings (SSSR count). The molecule has 30 heteroatoms. The molecule has 1 aliphatic heterocycles. The molecule has 4 aromatic rings. The molecule has 10 N–H and O–H groups in total. The second kappa shape index (κ2) is 22.6. The molecule has 1 saturated heterocycles. The Morgan fingerprint density at radius 3 is 2.39 bits per heavy atom. The number of fused-ring (bicyclic) bond motifs is 1. The summed E-state index contributed by atoms with van der Waals surface area (Å²) in [6, 6.07) is 10.8. The van der Waals surface area contributed by atoms with Gasteiger partial charge in [0.1, 0.15) is 36.3 Å². The molecule has 6 atom stereocenters. The Kier molecular flexibility index (Phi) is 18.0. The van der Waals surface area contributed by atoms with E-state index in [2.05, 4.69) is 40.2 Å². The predicted octanol–water partition coefficient (Wildman–Crippen LogP) is 0.681. The molecule has 366 valence electrons. The Morgan fingerprint density at radius 1 is 1.00 bits per heavy atom. The van der Waals surface area contributed by atoms with Crippen molar-refractivity contribution in [2.75, 3.05) is 42.6 Å². The number of ether oxygens (including phenoxy) is 1. The first-order valence-electron chi connectivity index (χ1n) is 20.1. The van der Waals surface area contributed by atoms with Gasteiger partial charge in [-0.2, -0.15) is 22.0 Å². The molecule has 1 aliphatic rings. The number of aliphatic hydroxyl groups excluding tert-OH is 2. The van der Waals surface area contributed by atoms with Crippen molar-refractivity contribution in [1.82, 2.24) is 14.9 Å². The van der Waals surface area contributed by atoms with E-state index in [0.29, 0.717) is 53.8 Å². The number of aliphatic hydroxyl groups is 2. The predicted molar refractivity (Wildman–Crippen MR) is 234 cm³/mol. The summed E-state index contributed by atoms with van der Waals surface area (Å²) in [6.45, 7) is 2.43. The number of nitrogens with zero attached hydrogens (tertiary/aromatic N) is 4. The van der Waals surface area contributed by atoms with Gasteiger partial charge in [-0.3, -0.25) is 18.4 Å². The van der Waals surface area contributed by atoms with Crippen LogP contribution in [0, 0.1) is 11.8 Å². The first-order chi connectivity index (χ1) is 31.3. The number of aryl methyl sites for hydroxylation is 1. The zero-order chi connectivity index (χ0) is 49.3. The molecule has 1 amide bonds. The van der Waals surface area contributed by atoms with Crippen LogP contribution in [0.25, 0.3) is 22.1 Å². The fourth-order valence-corrected chi connectivity index (χ4v) is 10.2. The molecule has 0 radical (unpaired) electrons. The summed E-state index contributed by atoms with van der Waals surface area (Å²) in [5.41, 5.74) is 6.45. The van der Waals surface area contributed by atoms with E-state index in [1.54, 1.807) is 41.2 Å².